The maximum absolute atomic E-state index is 12.6. The van der Waals surface area contributed by atoms with Crippen molar-refractivity contribution in [3.05, 3.63) is 24.3 Å². The van der Waals surface area contributed by atoms with Gasteiger partial charge in [0.1, 0.15) is 11.6 Å². The number of carbonyl (C=O) groups excluding carboxylic acids is 2. The lowest BCUT2D eigenvalue weighted by Gasteiger charge is -2.42. The zero-order valence-electron chi connectivity index (χ0n) is 12.3. The first-order chi connectivity index (χ1) is 9.40. The largest absolute Gasteiger partial charge is 0.340 e. The van der Waals surface area contributed by atoms with Crippen LogP contribution >= 0.6 is 11.8 Å². The highest BCUT2D eigenvalue weighted by Gasteiger charge is 2.45. The second kappa shape index (κ2) is 5.48. The normalized spacial score (nSPS) is 21.8. The third-order valence-corrected chi connectivity index (χ3v) is 4.28. The van der Waals surface area contributed by atoms with Gasteiger partial charge in [-0.25, -0.2) is 0 Å². The molecular weight excluding hydrogens is 272 g/mol. The maximum atomic E-state index is 12.6. The maximum Gasteiger partial charge on any atom is 0.252 e. The van der Waals surface area contributed by atoms with Crippen LogP contribution in [-0.2, 0) is 9.59 Å². The molecule has 0 radical (unpaired) electrons. The molecule has 2 amide bonds. The highest BCUT2D eigenvalue weighted by molar-refractivity contribution is 7.98. The van der Waals surface area contributed by atoms with E-state index in [0.29, 0.717) is 6.42 Å². The predicted molar refractivity (Wildman–Crippen MR) is 82.0 cm³/mol. The molecule has 20 heavy (non-hydrogen) atoms. The highest BCUT2D eigenvalue weighted by atomic mass is 32.2. The Morgan fingerprint density at radius 3 is 2.35 bits per heavy atom. The van der Waals surface area contributed by atoms with E-state index in [2.05, 4.69) is 5.32 Å². The van der Waals surface area contributed by atoms with Gasteiger partial charge in [-0.15, -0.1) is 11.8 Å². The topological polar surface area (TPSA) is 49.4 Å². The second-order valence-electron chi connectivity index (χ2n) is 5.41. The predicted octanol–water partition coefficient (Wildman–Crippen LogP) is 2.43. The Balaban J connectivity index is 2.42. The third-order valence-electron chi connectivity index (χ3n) is 3.54. The van der Waals surface area contributed by atoms with Crippen LogP contribution in [0.4, 0.5) is 5.69 Å². The number of rotatable bonds is 3. The van der Waals surface area contributed by atoms with Gasteiger partial charge >= 0.3 is 0 Å². The van der Waals surface area contributed by atoms with Gasteiger partial charge in [0.2, 0.25) is 5.91 Å². The minimum Gasteiger partial charge on any atom is -0.340 e. The van der Waals surface area contributed by atoms with Gasteiger partial charge in [-0.1, -0.05) is 6.92 Å². The average Bonchev–Trinajstić information content (AvgIpc) is 2.42. The van der Waals surface area contributed by atoms with Crippen LogP contribution in [0.25, 0.3) is 0 Å². The number of amides is 2. The Morgan fingerprint density at radius 2 is 1.85 bits per heavy atom. The van der Waals surface area contributed by atoms with E-state index in [1.165, 1.54) is 0 Å². The first-order valence-electron chi connectivity index (χ1n) is 6.70. The molecule has 0 spiro atoms. The van der Waals surface area contributed by atoms with E-state index in [4.69, 9.17) is 0 Å². The Morgan fingerprint density at radius 1 is 1.25 bits per heavy atom. The summed E-state index contributed by atoms with van der Waals surface area (Å²) in [6.07, 6.45) is 2.60. The zero-order chi connectivity index (χ0) is 14.9. The number of hydrogen-bond donors (Lipinski definition) is 1. The van der Waals surface area contributed by atoms with Gasteiger partial charge in [0.05, 0.1) is 0 Å². The molecule has 1 N–H and O–H groups in total. The summed E-state index contributed by atoms with van der Waals surface area (Å²) >= 11 is 1.65. The smallest absolute Gasteiger partial charge is 0.252 e. The molecule has 0 aromatic heterocycles. The first-order valence-corrected chi connectivity index (χ1v) is 7.93. The Kier molecular flexibility index (Phi) is 4.09. The van der Waals surface area contributed by atoms with Gasteiger partial charge in [0.25, 0.3) is 5.91 Å². The van der Waals surface area contributed by atoms with E-state index in [-0.39, 0.29) is 11.8 Å². The highest BCUT2D eigenvalue weighted by Crippen LogP contribution is 2.28. The van der Waals surface area contributed by atoms with Crippen LogP contribution in [0.5, 0.6) is 0 Å². The lowest BCUT2D eigenvalue weighted by molar-refractivity contribution is -0.137. The number of benzene rings is 1. The average molecular weight is 292 g/mol. The van der Waals surface area contributed by atoms with Crippen LogP contribution in [0.15, 0.2) is 29.2 Å². The van der Waals surface area contributed by atoms with E-state index in [1.54, 1.807) is 30.5 Å². The molecule has 0 saturated carbocycles. The van der Waals surface area contributed by atoms with Gasteiger partial charge in [-0.3, -0.25) is 14.5 Å². The number of piperazine rings is 1. The van der Waals surface area contributed by atoms with Crippen LogP contribution in [0, 0.1) is 0 Å². The number of thioether (sulfide) groups is 1. The van der Waals surface area contributed by atoms with Crippen molar-refractivity contribution in [2.75, 3.05) is 11.2 Å². The number of nitrogens with one attached hydrogen (secondary N) is 1. The number of anilines is 1. The van der Waals surface area contributed by atoms with Crippen LogP contribution in [0.1, 0.15) is 27.2 Å². The third kappa shape index (κ3) is 2.54. The van der Waals surface area contributed by atoms with E-state index in [0.717, 1.165) is 10.6 Å². The summed E-state index contributed by atoms with van der Waals surface area (Å²) in [5.41, 5.74) is -0.0800. The van der Waals surface area contributed by atoms with Crippen molar-refractivity contribution in [1.29, 1.82) is 0 Å². The van der Waals surface area contributed by atoms with Crippen LogP contribution in [0.2, 0.25) is 0 Å². The Bertz CT molecular complexity index is 525. The van der Waals surface area contributed by atoms with Crippen molar-refractivity contribution in [1.82, 2.24) is 5.32 Å². The number of hydrogen-bond acceptors (Lipinski definition) is 3. The molecule has 1 heterocycles. The molecule has 1 unspecified atom stereocenters. The summed E-state index contributed by atoms with van der Waals surface area (Å²) in [6, 6.07) is 7.32. The van der Waals surface area contributed by atoms with Crippen molar-refractivity contribution >= 4 is 29.3 Å². The van der Waals surface area contributed by atoms with Gasteiger partial charge < -0.3 is 5.32 Å². The molecule has 0 bridgehead atoms. The Hall–Kier alpha value is -1.49. The standard InChI is InChI=1S/C15H20N2O2S/c1-5-12-13(18)16-15(2,3)14(19)17(12)10-6-8-11(20-4)9-7-10/h6-9,12H,5H2,1-4H3,(H,16,18). The minimum absolute atomic E-state index is 0.0687. The van der Waals surface area contributed by atoms with E-state index < -0.39 is 11.6 Å². The summed E-state index contributed by atoms with van der Waals surface area (Å²) in [5.74, 6) is -0.160. The molecule has 5 heteroatoms. The summed E-state index contributed by atoms with van der Waals surface area (Å²) in [5, 5.41) is 2.79. The molecular formula is C15H20N2O2S. The molecule has 108 valence electrons. The molecule has 1 aromatic carbocycles. The van der Waals surface area contributed by atoms with Gasteiger partial charge in [-0.05, 0) is 50.8 Å². The molecule has 4 nitrogen and oxygen atoms in total. The van der Waals surface area contributed by atoms with Crippen LogP contribution < -0.4 is 10.2 Å². The van der Waals surface area contributed by atoms with Crippen LogP contribution in [0.3, 0.4) is 0 Å². The molecule has 1 aromatic rings. The second-order valence-corrected chi connectivity index (χ2v) is 6.29. The fourth-order valence-electron chi connectivity index (χ4n) is 2.41. The minimum atomic E-state index is -0.860. The van der Waals surface area contributed by atoms with Gasteiger partial charge in [-0.2, -0.15) is 0 Å². The molecule has 1 saturated heterocycles. The van der Waals surface area contributed by atoms with Gasteiger partial charge in [0.15, 0.2) is 0 Å². The van der Waals surface area contributed by atoms with Crippen molar-refractivity contribution in [2.45, 2.75) is 43.7 Å². The van der Waals surface area contributed by atoms with E-state index in [9.17, 15) is 9.59 Å². The molecule has 1 atom stereocenters. The fraction of sp³-hybridized carbons (Fsp3) is 0.467. The monoisotopic (exact) mass is 292 g/mol. The lowest BCUT2D eigenvalue weighted by atomic mass is 9.95. The number of carbonyl (C=O) groups is 2. The number of nitrogens with zero attached hydrogens (tertiary/aromatic N) is 1. The molecule has 0 aliphatic carbocycles. The fourth-order valence-corrected chi connectivity index (χ4v) is 2.82. The van der Waals surface area contributed by atoms with Crippen molar-refractivity contribution < 1.29 is 9.59 Å². The zero-order valence-corrected chi connectivity index (χ0v) is 13.1. The Labute approximate surface area is 123 Å². The summed E-state index contributed by atoms with van der Waals surface area (Å²) in [6.45, 7) is 5.39. The van der Waals surface area contributed by atoms with E-state index >= 15 is 0 Å². The summed E-state index contributed by atoms with van der Waals surface area (Å²) < 4.78 is 0. The quantitative estimate of drug-likeness (QED) is 0.871. The van der Waals surface area contributed by atoms with Crippen molar-refractivity contribution in [2.24, 2.45) is 0 Å². The molecule has 1 aliphatic heterocycles. The summed E-state index contributed by atoms with van der Waals surface area (Å²) in [7, 11) is 0. The summed E-state index contributed by atoms with van der Waals surface area (Å²) in [4.78, 5) is 27.6. The van der Waals surface area contributed by atoms with Gasteiger partial charge in [0, 0.05) is 10.6 Å². The van der Waals surface area contributed by atoms with Crippen molar-refractivity contribution in [3.63, 3.8) is 0 Å². The van der Waals surface area contributed by atoms with Crippen molar-refractivity contribution in [3.8, 4) is 0 Å². The SMILES string of the molecule is CCC1C(=O)NC(C)(C)C(=O)N1c1ccc(SC)cc1. The molecule has 2 rings (SSSR count). The molecule has 1 aliphatic rings. The van der Waals surface area contributed by atoms with E-state index in [1.807, 2.05) is 37.4 Å². The lowest BCUT2D eigenvalue weighted by Crippen LogP contribution is -2.68. The first kappa shape index (κ1) is 14.9. The molecule has 1 fully saturated rings. The van der Waals surface area contributed by atoms with Crippen LogP contribution in [-0.4, -0.2) is 29.7 Å².